The molecule has 4 rings (SSSR count). The first-order valence-electron chi connectivity index (χ1n) is 12.1. The fourth-order valence-electron chi connectivity index (χ4n) is 5.45. The number of benzene rings is 1. The van der Waals surface area contributed by atoms with Crippen LogP contribution in [0.25, 0.3) is 0 Å². The van der Waals surface area contributed by atoms with E-state index in [0.29, 0.717) is 5.91 Å². The van der Waals surface area contributed by atoms with Gasteiger partial charge in [-0.3, -0.25) is 4.79 Å². The molecule has 1 saturated carbocycles. The number of hydrogen-bond donors (Lipinski definition) is 0. The van der Waals surface area contributed by atoms with E-state index in [1.165, 1.54) is 37.9 Å². The van der Waals surface area contributed by atoms with Crippen LogP contribution in [0.3, 0.4) is 0 Å². The third-order valence-electron chi connectivity index (χ3n) is 7.40. The topological polar surface area (TPSA) is 36.0 Å². The van der Waals surface area contributed by atoms with Crippen LogP contribution in [-0.4, -0.2) is 80.1 Å². The molecule has 1 amide bonds. The molecule has 3 aliphatic rings. The van der Waals surface area contributed by atoms with Crippen molar-refractivity contribution in [2.45, 2.75) is 56.8 Å². The van der Waals surface area contributed by atoms with Crippen LogP contribution in [0, 0.1) is 0 Å². The molecule has 0 radical (unpaired) electrons. The van der Waals surface area contributed by atoms with E-state index in [1.54, 1.807) is 0 Å². The third-order valence-corrected chi connectivity index (χ3v) is 7.40. The largest absolute Gasteiger partial charge is 0.494 e. The molecular weight excluding hydrogens is 374 g/mol. The highest BCUT2D eigenvalue weighted by atomic mass is 16.5. The first-order chi connectivity index (χ1) is 14.7. The molecule has 1 aromatic carbocycles. The lowest BCUT2D eigenvalue weighted by atomic mass is 9.68. The standard InChI is InChI=1S/C25H39N3O2/c1-26-17-19-28(20-18-26)24(29)25(12-3-2-4-13-25)22-8-10-23(11-9-22)30-21-7-16-27-14-5-6-15-27/h8-11H,2-7,12-21H2,1H3. The molecule has 5 nitrogen and oxygen atoms in total. The second kappa shape index (κ2) is 10.1. The summed E-state index contributed by atoms with van der Waals surface area (Å²) < 4.78 is 6.00. The number of carbonyl (C=O) groups excluding carboxylic acids is 1. The first-order valence-corrected chi connectivity index (χ1v) is 12.1. The van der Waals surface area contributed by atoms with Crippen molar-refractivity contribution in [3.05, 3.63) is 29.8 Å². The first kappa shape index (κ1) is 21.6. The zero-order valence-corrected chi connectivity index (χ0v) is 18.8. The molecule has 2 aliphatic heterocycles. The van der Waals surface area contributed by atoms with E-state index in [1.807, 2.05) is 0 Å². The van der Waals surface area contributed by atoms with Crippen molar-refractivity contribution in [1.82, 2.24) is 14.7 Å². The fourth-order valence-corrected chi connectivity index (χ4v) is 5.45. The average Bonchev–Trinajstić information content (AvgIpc) is 3.31. The number of likely N-dealkylation sites (tertiary alicyclic amines) is 1. The minimum atomic E-state index is -0.331. The van der Waals surface area contributed by atoms with Crippen LogP contribution in [0.5, 0.6) is 5.75 Å². The quantitative estimate of drug-likeness (QED) is 0.641. The number of likely N-dealkylation sites (N-methyl/N-ethyl adjacent to an activating group) is 1. The van der Waals surface area contributed by atoms with Gasteiger partial charge in [-0.2, -0.15) is 0 Å². The van der Waals surface area contributed by atoms with Crippen molar-refractivity contribution in [2.75, 3.05) is 59.5 Å². The van der Waals surface area contributed by atoms with E-state index in [9.17, 15) is 4.79 Å². The minimum Gasteiger partial charge on any atom is -0.494 e. The Balaban J connectivity index is 1.38. The van der Waals surface area contributed by atoms with Crippen LogP contribution < -0.4 is 4.74 Å². The smallest absolute Gasteiger partial charge is 0.233 e. The summed E-state index contributed by atoms with van der Waals surface area (Å²) >= 11 is 0. The van der Waals surface area contributed by atoms with Gasteiger partial charge in [0.25, 0.3) is 0 Å². The van der Waals surface area contributed by atoms with Crippen LogP contribution in [0.4, 0.5) is 0 Å². The molecule has 0 spiro atoms. The number of carbonyl (C=O) groups is 1. The SMILES string of the molecule is CN1CCN(C(=O)C2(c3ccc(OCCCN4CCCC4)cc3)CCCCC2)CC1. The van der Waals surface area contributed by atoms with Crippen molar-refractivity contribution >= 4 is 5.91 Å². The monoisotopic (exact) mass is 413 g/mol. The van der Waals surface area contributed by atoms with Gasteiger partial charge in [0.15, 0.2) is 0 Å². The van der Waals surface area contributed by atoms with Crippen LogP contribution >= 0.6 is 0 Å². The van der Waals surface area contributed by atoms with Gasteiger partial charge in [0.05, 0.1) is 12.0 Å². The molecule has 2 saturated heterocycles. The van der Waals surface area contributed by atoms with Gasteiger partial charge in [-0.15, -0.1) is 0 Å². The Morgan fingerprint density at radius 2 is 1.57 bits per heavy atom. The van der Waals surface area contributed by atoms with Gasteiger partial charge in [0.2, 0.25) is 5.91 Å². The lowest BCUT2D eigenvalue weighted by Gasteiger charge is -2.42. The van der Waals surface area contributed by atoms with Crippen LogP contribution in [0.15, 0.2) is 24.3 Å². The highest BCUT2D eigenvalue weighted by Crippen LogP contribution is 2.41. The fraction of sp³-hybridized carbons (Fsp3) is 0.720. The van der Waals surface area contributed by atoms with Gasteiger partial charge in [0, 0.05) is 32.7 Å². The van der Waals surface area contributed by atoms with Gasteiger partial charge in [0.1, 0.15) is 5.75 Å². The van der Waals surface area contributed by atoms with Crippen molar-refractivity contribution < 1.29 is 9.53 Å². The van der Waals surface area contributed by atoms with Gasteiger partial charge >= 0.3 is 0 Å². The number of ether oxygens (including phenoxy) is 1. The third kappa shape index (κ3) is 5.00. The Morgan fingerprint density at radius 1 is 0.900 bits per heavy atom. The number of amides is 1. The molecule has 3 fully saturated rings. The summed E-state index contributed by atoms with van der Waals surface area (Å²) in [4.78, 5) is 20.6. The molecule has 0 aromatic heterocycles. The maximum atomic E-state index is 13.7. The summed E-state index contributed by atoms with van der Waals surface area (Å²) in [6.07, 6.45) is 9.27. The van der Waals surface area contributed by atoms with E-state index in [2.05, 4.69) is 46.0 Å². The maximum absolute atomic E-state index is 13.7. The summed E-state index contributed by atoms with van der Waals surface area (Å²) in [6.45, 7) is 8.07. The van der Waals surface area contributed by atoms with E-state index in [-0.39, 0.29) is 5.41 Å². The summed E-state index contributed by atoms with van der Waals surface area (Å²) in [7, 11) is 2.14. The number of nitrogens with zero attached hydrogens (tertiary/aromatic N) is 3. The zero-order valence-electron chi connectivity index (χ0n) is 18.8. The van der Waals surface area contributed by atoms with Crippen LogP contribution in [-0.2, 0) is 10.2 Å². The number of rotatable bonds is 7. The zero-order chi connectivity index (χ0) is 20.8. The van der Waals surface area contributed by atoms with E-state index in [4.69, 9.17) is 4.74 Å². The molecule has 1 aliphatic carbocycles. The summed E-state index contributed by atoms with van der Waals surface area (Å²) in [5, 5.41) is 0. The van der Waals surface area contributed by atoms with Gasteiger partial charge < -0.3 is 19.4 Å². The highest BCUT2D eigenvalue weighted by Gasteiger charge is 2.43. The Bertz CT molecular complexity index is 670. The van der Waals surface area contributed by atoms with Crippen molar-refractivity contribution in [1.29, 1.82) is 0 Å². The molecule has 0 bridgehead atoms. The maximum Gasteiger partial charge on any atom is 0.233 e. The van der Waals surface area contributed by atoms with Crippen molar-refractivity contribution in [2.24, 2.45) is 0 Å². The highest BCUT2D eigenvalue weighted by molar-refractivity contribution is 5.88. The molecule has 2 heterocycles. The lowest BCUT2D eigenvalue weighted by Crippen LogP contribution is -2.54. The van der Waals surface area contributed by atoms with Crippen molar-refractivity contribution in [3.8, 4) is 5.75 Å². The normalized spacial score (nSPS) is 22.9. The summed E-state index contributed by atoms with van der Waals surface area (Å²) in [6, 6.07) is 8.49. The van der Waals surface area contributed by atoms with Crippen molar-refractivity contribution in [3.63, 3.8) is 0 Å². The number of piperazine rings is 1. The Kier molecular flexibility index (Phi) is 7.32. The minimum absolute atomic E-state index is 0.331. The van der Waals surface area contributed by atoms with E-state index >= 15 is 0 Å². The molecule has 0 unspecified atom stereocenters. The second-order valence-corrected chi connectivity index (χ2v) is 9.51. The Hall–Kier alpha value is -1.59. The van der Waals surface area contributed by atoms with Crippen LogP contribution in [0.2, 0.25) is 0 Å². The predicted octanol–water partition coefficient (Wildman–Crippen LogP) is 3.53. The molecular formula is C25H39N3O2. The molecule has 5 heteroatoms. The predicted molar refractivity (Wildman–Crippen MR) is 121 cm³/mol. The average molecular weight is 414 g/mol. The van der Waals surface area contributed by atoms with Crippen LogP contribution in [0.1, 0.15) is 56.9 Å². The summed E-state index contributed by atoms with van der Waals surface area (Å²) in [5.74, 6) is 1.28. The van der Waals surface area contributed by atoms with E-state index in [0.717, 1.165) is 77.2 Å². The van der Waals surface area contributed by atoms with E-state index < -0.39 is 0 Å². The molecule has 1 aromatic rings. The number of hydrogen-bond acceptors (Lipinski definition) is 4. The molecule has 0 N–H and O–H groups in total. The van der Waals surface area contributed by atoms with Gasteiger partial charge in [-0.25, -0.2) is 0 Å². The van der Waals surface area contributed by atoms with Gasteiger partial charge in [-0.1, -0.05) is 31.4 Å². The lowest BCUT2D eigenvalue weighted by molar-refractivity contribution is -0.140. The Labute approximate surface area is 182 Å². The Morgan fingerprint density at radius 3 is 2.23 bits per heavy atom. The molecule has 0 atom stereocenters. The second-order valence-electron chi connectivity index (χ2n) is 9.51. The molecule has 30 heavy (non-hydrogen) atoms. The molecule has 166 valence electrons. The summed E-state index contributed by atoms with van der Waals surface area (Å²) in [5.41, 5.74) is 0.859. The van der Waals surface area contributed by atoms with Gasteiger partial charge in [-0.05, 0) is 69.9 Å².